The monoisotopic (exact) mass is 214 g/mol. The Morgan fingerprint density at radius 1 is 1.50 bits per heavy atom. The van der Waals surface area contributed by atoms with Gasteiger partial charge in [-0.05, 0) is 12.1 Å². The van der Waals surface area contributed by atoms with Crippen molar-refractivity contribution in [2.45, 2.75) is 6.42 Å². The number of hydrogen-bond donors (Lipinski definition) is 0. The van der Waals surface area contributed by atoms with E-state index in [1.54, 1.807) is 0 Å². The summed E-state index contributed by atoms with van der Waals surface area (Å²) in [6.07, 6.45) is 0.639. The summed E-state index contributed by atoms with van der Waals surface area (Å²) < 4.78 is 0. The van der Waals surface area contributed by atoms with E-state index in [-0.39, 0.29) is 23.2 Å². The molecule has 0 unspecified atom stereocenters. The zero-order valence-electron chi connectivity index (χ0n) is 8.14. The number of aldehydes is 1. The Morgan fingerprint density at radius 3 is 2.81 bits per heavy atom. The van der Waals surface area contributed by atoms with Crippen molar-refractivity contribution in [2.24, 2.45) is 0 Å². The Hall–Kier alpha value is -2.66. The van der Waals surface area contributed by atoms with Gasteiger partial charge in [-0.2, -0.15) is 5.26 Å². The molecule has 0 amide bonds. The fourth-order valence-corrected chi connectivity index (χ4v) is 1.05. The zero-order valence-corrected chi connectivity index (χ0v) is 8.14. The quantitative estimate of drug-likeness (QED) is 0.322. The highest BCUT2D eigenvalue weighted by molar-refractivity contribution is 5.58. The van der Waals surface area contributed by atoms with E-state index >= 15 is 0 Å². The van der Waals surface area contributed by atoms with Gasteiger partial charge in [0.15, 0.2) is 0 Å². The van der Waals surface area contributed by atoms with Crippen molar-refractivity contribution in [1.29, 1.82) is 5.26 Å². The van der Waals surface area contributed by atoms with E-state index in [9.17, 15) is 14.9 Å². The highest BCUT2D eigenvalue weighted by Crippen LogP contribution is 2.18. The summed E-state index contributed by atoms with van der Waals surface area (Å²) in [5.41, 5.74) is 0.177. The topological polar surface area (TPSA) is 84.0 Å². The van der Waals surface area contributed by atoms with E-state index in [0.717, 1.165) is 6.07 Å². The number of nitrogens with zero attached hydrogens (tertiary/aromatic N) is 2. The molecule has 0 spiro atoms. The number of carbonyl (C=O) groups excluding carboxylic acids is 1. The third-order valence-electron chi connectivity index (χ3n) is 1.73. The van der Waals surface area contributed by atoms with Crippen LogP contribution in [-0.2, 0) is 4.79 Å². The molecule has 0 fully saturated rings. The molecule has 0 bridgehead atoms. The standard InChI is InChI=1S/C11H6N2O3/c12-8-9-4-5-10(3-1-2-6-14)11(7-9)13(15)16/h4-7H,2H2. The number of nitro groups is 1. The molecule has 0 saturated heterocycles. The molecule has 0 aromatic heterocycles. The normalized spacial score (nSPS) is 8.44. The number of nitriles is 1. The zero-order chi connectivity index (χ0) is 12.0. The molecule has 78 valence electrons. The number of rotatable bonds is 2. The predicted molar refractivity (Wildman–Crippen MR) is 55.4 cm³/mol. The van der Waals surface area contributed by atoms with Crippen molar-refractivity contribution < 1.29 is 9.72 Å². The third-order valence-corrected chi connectivity index (χ3v) is 1.73. The minimum absolute atomic E-state index is 0.0250. The molecule has 5 nitrogen and oxygen atoms in total. The van der Waals surface area contributed by atoms with Crippen molar-refractivity contribution in [2.75, 3.05) is 0 Å². The summed E-state index contributed by atoms with van der Waals surface area (Å²) in [4.78, 5) is 20.1. The first-order valence-corrected chi connectivity index (χ1v) is 4.30. The van der Waals surface area contributed by atoms with Gasteiger partial charge in [0, 0.05) is 6.07 Å². The maximum atomic E-state index is 10.7. The van der Waals surface area contributed by atoms with Gasteiger partial charge in [-0.15, -0.1) is 0 Å². The lowest BCUT2D eigenvalue weighted by molar-refractivity contribution is -0.385. The largest absolute Gasteiger partial charge is 0.302 e. The van der Waals surface area contributed by atoms with Crippen LogP contribution in [0.4, 0.5) is 5.69 Å². The summed E-state index contributed by atoms with van der Waals surface area (Å²) in [5, 5.41) is 19.3. The van der Waals surface area contributed by atoms with E-state index in [4.69, 9.17) is 5.26 Å². The average molecular weight is 214 g/mol. The van der Waals surface area contributed by atoms with Gasteiger partial charge in [0.05, 0.1) is 23.0 Å². The molecule has 0 saturated carbocycles. The van der Waals surface area contributed by atoms with Crippen molar-refractivity contribution in [3.63, 3.8) is 0 Å². The van der Waals surface area contributed by atoms with Crippen LogP contribution in [-0.4, -0.2) is 11.2 Å². The Balaban J connectivity index is 3.21. The molecule has 0 aliphatic heterocycles. The fourth-order valence-electron chi connectivity index (χ4n) is 1.05. The molecule has 1 aromatic carbocycles. The van der Waals surface area contributed by atoms with Gasteiger partial charge in [-0.25, -0.2) is 0 Å². The predicted octanol–water partition coefficient (Wildman–Crippen LogP) is 1.41. The minimum atomic E-state index is -0.605. The molecule has 5 heteroatoms. The molecule has 0 N–H and O–H groups in total. The summed E-state index contributed by atoms with van der Waals surface area (Å²) in [5.74, 6) is 4.99. The fraction of sp³-hybridized carbons (Fsp3) is 0.0909. The van der Waals surface area contributed by atoms with Gasteiger partial charge in [-0.3, -0.25) is 10.1 Å². The molecular formula is C11H6N2O3. The average Bonchev–Trinajstić information content (AvgIpc) is 2.29. The Morgan fingerprint density at radius 2 is 2.25 bits per heavy atom. The van der Waals surface area contributed by atoms with E-state index < -0.39 is 4.92 Å². The van der Waals surface area contributed by atoms with Crippen LogP contribution in [0.15, 0.2) is 18.2 Å². The van der Waals surface area contributed by atoms with E-state index in [1.807, 2.05) is 6.07 Å². The van der Waals surface area contributed by atoms with Crippen LogP contribution in [0.3, 0.4) is 0 Å². The van der Waals surface area contributed by atoms with Crippen molar-refractivity contribution in [1.82, 2.24) is 0 Å². The second-order valence-electron chi connectivity index (χ2n) is 2.77. The maximum Gasteiger partial charge on any atom is 0.286 e. The van der Waals surface area contributed by atoms with Crippen LogP contribution in [0.1, 0.15) is 17.5 Å². The van der Waals surface area contributed by atoms with Crippen molar-refractivity contribution in [3.05, 3.63) is 39.4 Å². The molecule has 0 atom stereocenters. The Bertz CT molecular complexity index is 532. The number of carbonyl (C=O) groups is 1. The van der Waals surface area contributed by atoms with Crippen LogP contribution in [0.5, 0.6) is 0 Å². The lowest BCUT2D eigenvalue weighted by atomic mass is 10.1. The van der Waals surface area contributed by atoms with Crippen LogP contribution in [0.2, 0.25) is 0 Å². The number of benzene rings is 1. The van der Waals surface area contributed by atoms with Crippen LogP contribution < -0.4 is 0 Å². The van der Waals surface area contributed by atoms with Gasteiger partial charge in [-0.1, -0.05) is 11.8 Å². The second-order valence-corrected chi connectivity index (χ2v) is 2.77. The SMILES string of the molecule is N#Cc1ccc(C#CCC=O)c([N+](=O)[O-])c1. The highest BCUT2D eigenvalue weighted by atomic mass is 16.6. The molecule has 0 aliphatic carbocycles. The summed E-state index contributed by atoms with van der Waals surface area (Å²) in [6.45, 7) is 0. The third kappa shape index (κ3) is 2.66. The van der Waals surface area contributed by atoms with Crippen molar-refractivity contribution >= 4 is 12.0 Å². The minimum Gasteiger partial charge on any atom is -0.302 e. The Kier molecular flexibility index (Phi) is 3.77. The highest BCUT2D eigenvalue weighted by Gasteiger charge is 2.12. The first-order chi connectivity index (χ1) is 7.69. The van der Waals surface area contributed by atoms with E-state index in [1.165, 1.54) is 12.1 Å². The molecule has 1 rings (SSSR count). The number of hydrogen-bond acceptors (Lipinski definition) is 4. The lowest BCUT2D eigenvalue weighted by Gasteiger charge is -1.95. The van der Waals surface area contributed by atoms with E-state index in [0.29, 0.717) is 6.29 Å². The van der Waals surface area contributed by atoms with Gasteiger partial charge < -0.3 is 4.79 Å². The summed E-state index contributed by atoms with van der Waals surface area (Å²) in [7, 11) is 0. The van der Waals surface area contributed by atoms with Gasteiger partial charge in [0.25, 0.3) is 5.69 Å². The molecule has 0 radical (unpaired) electrons. The lowest BCUT2D eigenvalue weighted by Crippen LogP contribution is -1.93. The van der Waals surface area contributed by atoms with Gasteiger partial charge in [0.1, 0.15) is 11.8 Å². The van der Waals surface area contributed by atoms with Gasteiger partial charge in [0.2, 0.25) is 0 Å². The smallest absolute Gasteiger partial charge is 0.286 e. The molecule has 0 heterocycles. The maximum absolute atomic E-state index is 10.7. The van der Waals surface area contributed by atoms with Crippen LogP contribution >= 0.6 is 0 Å². The first-order valence-electron chi connectivity index (χ1n) is 4.30. The molecule has 16 heavy (non-hydrogen) atoms. The van der Waals surface area contributed by atoms with Crippen LogP contribution in [0.25, 0.3) is 0 Å². The number of nitro benzene ring substituents is 1. The summed E-state index contributed by atoms with van der Waals surface area (Å²) in [6, 6.07) is 5.81. The molecule has 0 aliphatic rings. The first kappa shape index (κ1) is 11.4. The van der Waals surface area contributed by atoms with Gasteiger partial charge >= 0.3 is 0 Å². The summed E-state index contributed by atoms with van der Waals surface area (Å²) >= 11 is 0. The van der Waals surface area contributed by atoms with E-state index in [2.05, 4.69) is 11.8 Å². The Labute approximate surface area is 91.5 Å². The molecular weight excluding hydrogens is 208 g/mol. The van der Waals surface area contributed by atoms with Crippen LogP contribution in [0, 0.1) is 33.3 Å². The van der Waals surface area contributed by atoms with Crippen molar-refractivity contribution in [3.8, 4) is 17.9 Å². The molecule has 1 aromatic rings. The second kappa shape index (κ2) is 5.28.